The molecular formula is C26H25N5O2S. The summed E-state index contributed by atoms with van der Waals surface area (Å²) >= 11 is 1.31. The van der Waals surface area contributed by atoms with Crippen LogP contribution in [0.15, 0.2) is 95.2 Å². The maximum atomic E-state index is 12.4. The van der Waals surface area contributed by atoms with E-state index in [9.17, 15) is 4.79 Å². The molecule has 0 unspecified atom stereocenters. The van der Waals surface area contributed by atoms with Crippen molar-refractivity contribution in [3.05, 3.63) is 90.5 Å². The van der Waals surface area contributed by atoms with Crippen molar-refractivity contribution in [3.8, 4) is 22.8 Å². The highest BCUT2D eigenvalue weighted by atomic mass is 32.2. The summed E-state index contributed by atoms with van der Waals surface area (Å²) in [5, 5.41) is 13.4. The summed E-state index contributed by atoms with van der Waals surface area (Å²) in [4.78, 5) is 12.4. The van der Waals surface area contributed by atoms with Gasteiger partial charge in [0, 0.05) is 11.3 Å². The van der Waals surface area contributed by atoms with Crippen LogP contribution in [-0.4, -0.2) is 39.2 Å². The predicted molar refractivity (Wildman–Crippen MR) is 135 cm³/mol. The number of aromatic nitrogens is 3. The van der Waals surface area contributed by atoms with Crippen molar-refractivity contribution < 1.29 is 9.53 Å². The molecule has 0 bridgehead atoms. The maximum Gasteiger partial charge on any atom is 0.250 e. The number of rotatable bonds is 10. The van der Waals surface area contributed by atoms with Gasteiger partial charge in [-0.05, 0) is 48.4 Å². The molecule has 3 aromatic carbocycles. The van der Waals surface area contributed by atoms with E-state index in [-0.39, 0.29) is 11.7 Å². The van der Waals surface area contributed by atoms with E-state index in [1.165, 1.54) is 11.8 Å². The van der Waals surface area contributed by atoms with Gasteiger partial charge in [-0.2, -0.15) is 5.10 Å². The normalized spacial score (nSPS) is 11.0. The molecule has 0 aliphatic carbocycles. The number of para-hydroxylation sites is 1. The molecule has 1 amide bonds. The number of amides is 1. The molecule has 0 saturated heterocycles. The standard InChI is InChI=1S/C26H25N5O2S/c1-2-17-33-23-15-13-20(14-16-23)18-27-28-24(32)19-34-26-30-29-25(21-9-5-3-6-10-21)31(26)22-11-7-4-8-12-22/h3-16,18H,2,17,19H2,1H3,(H,28,32)/b27-18-. The second kappa shape index (κ2) is 11.8. The average molecular weight is 472 g/mol. The molecule has 1 N–H and O–H groups in total. The van der Waals surface area contributed by atoms with Crippen LogP contribution in [0.2, 0.25) is 0 Å². The predicted octanol–water partition coefficient (Wildman–Crippen LogP) is 4.97. The van der Waals surface area contributed by atoms with Crippen molar-refractivity contribution in [2.45, 2.75) is 18.5 Å². The fourth-order valence-electron chi connectivity index (χ4n) is 3.16. The van der Waals surface area contributed by atoms with Crippen LogP contribution < -0.4 is 10.2 Å². The van der Waals surface area contributed by atoms with Gasteiger partial charge in [0.25, 0.3) is 5.91 Å². The van der Waals surface area contributed by atoms with Crippen molar-refractivity contribution in [2.75, 3.05) is 12.4 Å². The minimum Gasteiger partial charge on any atom is -0.494 e. The first-order valence-electron chi connectivity index (χ1n) is 11.0. The van der Waals surface area contributed by atoms with Crippen LogP contribution in [-0.2, 0) is 4.79 Å². The Hall–Kier alpha value is -3.91. The highest BCUT2D eigenvalue weighted by molar-refractivity contribution is 7.99. The molecule has 1 heterocycles. The number of ether oxygens (including phenoxy) is 1. The van der Waals surface area contributed by atoms with Crippen molar-refractivity contribution in [1.29, 1.82) is 0 Å². The van der Waals surface area contributed by atoms with Crippen LogP contribution in [0.25, 0.3) is 17.1 Å². The first-order chi connectivity index (χ1) is 16.7. The van der Waals surface area contributed by atoms with Crippen LogP contribution >= 0.6 is 11.8 Å². The molecule has 0 fully saturated rings. The number of hydrazone groups is 1. The zero-order valence-corrected chi connectivity index (χ0v) is 19.6. The highest BCUT2D eigenvalue weighted by Crippen LogP contribution is 2.27. The van der Waals surface area contributed by atoms with Crippen LogP contribution in [0, 0.1) is 0 Å². The number of hydrogen-bond acceptors (Lipinski definition) is 6. The van der Waals surface area contributed by atoms with Gasteiger partial charge < -0.3 is 4.74 Å². The van der Waals surface area contributed by atoms with Gasteiger partial charge in [0.2, 0.25) is 0 Å². The van der Waals surface area contributed by atoms with E-state index in [1.54, 1.807) is 6.21 Å². The van der Waals surface area contributed by atoms with Crippen LogP contribution in [0.5, 0.6) is 5.75 Å². The van der Waals surface area contributed by atoms with E-state index in [0.29, 0.717) is 11.8 Å². The lowest BCUT2D eigenvalue weighted by molar-refractivity contribution is -0.118. The van der Waals surface area contributed by atoms with E-state index in [1.807, 2.05) is 89.5 Å². The number of carbonyl (C=O) groups excluding carboxylic acids is 1. The second-order valence-corrected chi connectivity index (χ2v) is 8.29. The molecule has 0 spiro atoms. The van der Waals surface area contributed by atoms with Gasteiger partial charge in [-0.3, -0.25) is 9.36 Å². The Morgan fingerprint density at radius 3 is 2.41 bits per heavy atom. The zero-order valence-electron chi connectivity index (χ0n) is 18.8. The molecule has 0 radical (unpaired) electrons. The molecule has 0 aliphatic heterocycles. The van der Waals surface area contributed by atoms with E-state index in [4.69, 9.17) is 4.74 Å². The summed E-state index contributed by atoms with van der Waals surface area (Å²) in [6.07, 6.45) is 2.56. The summed E-state index contributed by atoms with van der Waals surface area (Å²) < 4.78 is 7.53. The molecule has 4 rings (SSSR count). The van der Waals surface area contributed by atoms with Crippen LogP contribution in [0.4, 0.5) is 0 Å². The number of nitrogens with zero attached hydrogens (tertiary/aromatic N) is 4. The van der Waals surface area contributed by atoms with Gasteiger partial charge in [0.1, 0.15) is 5.75 Å². The fraction of sp³-hybridized carbons (Fsp3) is 0.154. The minimum atomic E-state index is -0.229. The third kappa shape index (κ3) is 6.11. The van der Waals surface area contributed by atoms with Crippen LogP contribution in [0.3, 0.4) is 0 Å². The number of hydrogen-bond donors (Lipinski definition) is 1. The number of thioether (sulfide) groups is 1. The Morgan fingerprint density at radius 1 is 1.00 bits per heavy atom. The molecule has 0 atom stereocenters. The third-order valence-corrected chi connectivity index (χ3v) is 5.70. The minimum absolute atomic E-state index is 0.154. The molecule has 0 saturated carbocycles. The topological polar surface area (TPSA) is 81.4 Å². The molecule has 7 nitrogen and oxygen atoms in total. The molecule has 1 aromatic heterocycles. The molecule has 172 valence electrons. The van der Waals surface area contributed by atoms with Gasteiger partial charge >= 0.3 is 0 Å². The maximum absolute atomic E-state index is 12.4. The first-order valence-corrected chi connectivity index (χ1v) is 12.0. The lowest BCUT2D eigenvalue weighted by Crippen LogP contribution is -2.20. The van der Waals surface area contributed by atoms with Crippen molar-refractivity contribution >= 4 is 23.9 Å². The third-order valence-electron chi connectivity index (χ3n) is 4.77. The number of nitrogens with one attached hydrogen (secondary N) is 1. The Labute approximate surface area is 202 Å². The Morgan fingerprint density at radius 2 is 1.71 bits per heavy atom. The smallest absolute Gasteiger partial charge is 0.250 e. The first kappa shape index (κ1) is 23.3. The Bertz CT molecular complexity index is 1230. The SMILES string of the molecule is CCCOc1ccc(/C=N\NC(=O)CSc2nnc(-c3ccccc3)n2-c2ccccc2)cc1. The number of carbonyl (C=O) groups is 1. The largest absolute Gasteiger partial charge is 0.494 e. The summed E-state index contributed by atoms with van der Waals surface area (Å²) in [5.41, 5.74) is 5.32. The fourth-order valence-corrected chi connectivity index (χ4v) is 3.90. The molecular weight excluding hydrogens is 446 g/mol. The lowest BCUT2D eigenvalue weighted by Gasteiger charge is -2.10. The van der Waals surface area contributed by atoms with Gasteiger partial charge in [-0.15, -0.1) is 10.2 Å². The van der Waals surface area contributed by atoms with Gasteiger partial charge in [0.15, 0.2) is 11.0 Å². The quantitative estimate of drug-likeness (QED) is 0.201. The molecule has 8 heteroatoms. The van der Waals surface area contributed by atoms with Gasteiger partial charge in [-0.25, -0.2) is 5.43 Å². The van der Waals surface area contributed by atoms with Crippen molar-refractivity contribution in [3.63, 3.8) is 0 Å². The summed E-state index contributed by atoms with van der Waals surface area (Å²) in [6, 6.07) is 27.3. The lowest BCUT2D eigenvalue weighted by atomic mass is 10.2. The molecule has 34 heavy (non-hydrogen) atoms. The van der Waals surface area contributed by atoms with Crippen molar-refractivity contribution in [1.82, 2.24) is 20.2 Å². The summed E-state index contributed by atoms with van der Waals surface area (Å²) in [7, 11) is 0. The highest BCUT2D eigenvalue weighted by Gasteiger charge is 2.17. The van der Waals surface area contributed by atoms with Gasteiger partial charge in [-0.1, -0.05) is 67.2 Å². The monoisotopic (exact) mass is 471 g/mol. The summed E-state index contributed by atoms with van der Waals surface area (Å²) in [6.45, 7) is 2.75. The molecule has 4 aromatic rings. The Balaban J connectivity index is 1.40. The Kier molecular flexibility index (Phi) is 8.08. The summed E-state index contributed by atoms with van der Waals surface area (Å²) in [5.74, 6) is 1.46. The van der Waals surface area contributed by atoms with Crippen molar-refractivity contribution in [2.24, 2.45) is 5.10 Å². The number of benzene rings is 3. The zero-order chi connectivity index (χ0) is 23.6. The van der Waals surface area contributed by atoms with E-state index < -0.39 is 0 Å². The second-order valence-electron chi connectivity index (χ2n) is 7.34. The van der Waals surface area contributed by atoms with E-state index in [2.05, 4.69) is 27.6 Å². The van der Waals surface area contributed by atoms with E-state index in [0.717, 1.165) is 34.8 Å². The van der Waals surface area contributed by atoms with Gasteiger partial charge in [0.05, 0.1) is 18.6 Å². The molecule has 0 aliphatic rings. The van der Waals surface area contributed by atoms with Crippen LogP contribution in [0.1, 0.15) is 18.9 Å². The van der Waals surface area contributed by atoms with E-state index >= 15 is 0 Å². The average Bonchev–Trinajstić information content (AvgIpc) is 3.32.